The second-order valence-electron chi connectivity index (χ2n) is 7.64. The third kappa shape index (κ3) is 4.36. The first kappa shape index (κ1) is 20.8. The average Bonchev–Trinajstić information content (AvgIpc) is 3.29. The maximum atomic E-state index is 13.3. The summed E-state index contributed by atoms with van der Waals surface area (Å²) in [6, 6.07) is 17.8. The Bertz CT molecular complexity index is 1090. The first-order valence-electron chi connectivity index (χ1n) is 10.1. The molecule has 0 bridgehead atoms. The van der Waals surface area contributed by atoms with E-state index in [1.165, 1.54) is 0 Å². The number of piperidine rings is 1. The second-order valence-corrected chi connectivity index (χ2v) is 8.61. The van der Waals surface area contributed by atoms with Gasteiger partial charge in [0, 0.05) is 28.2 Å². The van der Waals surface area contributed by atoms with Gasteiger partial charge in [0.05, 0.1) is 12.0 Å². The monoisotopic (exact) mass is 433 g/mol. The lowest BCUT2D eigenvalue weighted by atomic mass is 9.86. The van der Waals surface area contributed by atoms with Crippen molar-refractivity contribution in [3.8, 4) is 0 Å². The normalized spacial score (nSPS) is 18.6. The Morgan fingerprint density at radius 3 is 2.39 bits per heavy atom. The highest BCUT2D eigenvalue weighted by Crippen LogP contribution is 2.42. The molecule has 158 valence electrons. The van der Waals surface area contributed by atoms with Crippen LogP contribution in [0.5, 0.6) is 0 Å². The maximum absolute atomic E-state index is 13.3. The number of nitrogens with two attached hydrogens (primary N) is 1. The number of thiophene rings is 1. The topological polar surface area (TPSA) is 92.5 Å². The number of anilines is 2. The Morgan fingerprint density at radius 1 is 1.06 bits per heavy atom. The summed E-state index contributed by atoms with van der Waals surface area (Å²) in [7, 11) is 0. The summed E-state index contributed by atoms with van der Waals surface area (Å²) in [5, 5.41) is 4.90. The van der Waals surface area contributed by atoms with Crippen LogP contribution in [0.2, 0.25) is 0 Å². The third-order valence-corrected chi connectivity index (χ3v) is 6.46. The van der Waals surface area contributed by atoms with Crippen molar-refractivity contribution in [2.24, 2.45) is 11.7 Å². The van der Waals surface area contributed by atoms with E-state index in [0.717, 1.165) is 16.1 Å². The van der Waals surface area contributed by atoms with Gasteiger partial charge in [0.2, 0.25) is 17.7 Å². The minimum Gasteiger partial charge on any atom is -0.366 e. The number of amides is 3. The van der Waals surface area contributed by atoms with Crippen LogP contribution in [0.4, 0.5) is 11.4 Å². The van der Waals surface area contributed by atoms with Gasteiger partial charge in [-0.05, 0) is 61.2 Å². The second kappa shape index (κ2) is 8.73. The van der Waals surface area contributed by atoms with Gasteiger partial charge < -0.3 is 16.0 Å². The van der Waals surface area contributed by atoms with E-state index < -0.39 is 11.8 Å². The van der Waals surface area contributed by atoms with Gasteiger partial charge in [-0.25, -0.2) is 0 Å². The van der Waals surface area contributed by atoms with Crippen LogP contribution >= 0.6 is 11.3 Å². The molecule has 3 amide bonds. The molecule has 6 nitrogen and oxygen atoms in total. The molecule has 1 fully saturated rings. The zero-order valence-corrected chi connectivity index (χ0v) is 17.9. The van der Waals surface area contributed by atoms with Crippen LogP contribution in [0.1, 0.15) is 39.7 Å². The van der Waals surface area contributed by atoms with Gasteiger partial charge in [0.1, 0.15) is 0 Å². The predicted molar refractivity (Wildman–Crippen MR) is 122 cm³/mol. The van der Waals surface area contributed by atoms with Gasteiger partial charge in [-0.2, -0.15) is 0 Å². The zero-order chi connectivity index (χ0) is 22.0. The number of primary amides is 1. The third-order valence-electron chi connectivity index (χ3n) is 5.52. The number of carbonyl (C=O) groups is 3. The lowest BCUT2D eigenvalue weighted by Crippen LogP contribution is -2.46. The molecule has 2 aromatic carbocycles. The molecule has 1 saturated heterocycles. The number of nitrogens with one attached hydrogen (secondary N) is 1. The molecule has 31 heavy (non-hydrogen) atoms. The van der Waals surface area contributed by atoms with E-state index in [1.807, 2.05) is 48.7 Å². The Morgan fingerprint density at radius 2 is 1.77 bits per heavy atom. The molecule has 1 aliphatic rings. The Labute approximate surface area is 184 Å². The molecule has 3 aromatic rings. The van der Waals surface area contributed by atoms with Crippen molar-refractivity contribution in [2.45, 2.75) is 25.8 Å². The molecule has 1 aromatic heterocycles. The van der Waals surface area contributed by atoms with E-state index in [0.29, 0.717) is 24.1 Å². The maximum Gasteiger partial charge on any atom is 0.248 e. The summed E-state index contributed by atoms with van der Waals surface area (Å²) in [4.78, 5) is 40.3. The van der Waals surface area contributed by atoms with Gasteiger partial charge in [0.15, 0.2) is 0 Å². The first-order valence-corrected chi connectivity index (χ1v) is 10.9. The molecule has 0 spiro atoms. The molecule has 2 atom stereocenters. The summed E-state index contributed by atoms with van der Waals surface area (Å²) in [5.74, 6) is -1.07. The zero-order valence-electron chi connectivity index (χ0n) is 17.1. The summed E-state index contributed by atoms with van der Waals surface area (Å²) in [6.45, 7) is 2.00. The summed E-state index contributed by atoms with van der Waals surface area (Å²) < 4.78 is 0. The highest BCUT2D eigenvalue weighted by Gasteiger charge is 2.42. The van der Waals surface area contributed by atoms with E-state index in [-0.39, 0.29) is 17.9 Å². The fourth-order valence-electron chi connectivity index (χ4n) is 3.91. The standard InChI is InChI=1S/C24H23N3O3S/c1-15-4-10-18(11-5-15)27-21(28)13-12-19(22(27)20-3-2-14-31-20)24(30)26-17-8-6-16(7-9-17)23(25)29/h2-11,14,19,22H,12-13H2,1H3,(H2,25,29)(H,26,30). The van der Waals surface area contributed by atoms with E-state index in [1.54, 1.807) is 40.5 Å². The van der Waals surface area contributed by atoms with Gasteiger partial charge in [-0.1, -0.05) is 23.8 Å². The van der Waals surface area contributed by atoms with Gasteiger partial charge in [-0.3, -0.25) is 14.4 Å². The number of nitrogens with zero attached hydrogens (tertiary/aromatic N) is 1. The van der Waals surface area contributed by atoms with Gasteiger partial charge in [-0.15, -0.1) is 11.3 Å². The summed E-state index contributed by atoms with van der Waals surface area (Å²) >= 11 is 1.54. The van der Waals surface area contributed by atoms with E-state index >= 15 is 0 Å². The Kier molecular flexibility index (Phi) is 5.86. The van der Waals surface area contributed by atoms with Crippen LogP contribution < -0.4 is 16.0 Å². The van der Waals surface area contributed by atoms with E-state index in [2.05, 4.69) is 5.32 Å². The molecule has 0 aliphatic carbocycles. The SMILES string of the molecule is Cc1ccc(N2C(=O)CCC(C(=O)Nc3ccc(C(N)=O)cc3)C2c2cccs2)cc1. The highest BCUT2D eigenvalue weighted by molar-refractivity contribution is 7.10. The molecule has 3 N–H and O–H groups in total. The predicted octanol–water partition coefficient (Wildman–Crippen LogP) is 4.28. The van der Waals surface area contributed by atoms with Gasteiger partial charge in [0.25, 0.3) is 0 Å². The number of benzene rings is 2. The fourth-order valence-corrected chi connectivity index (χ4v) is 4.80. The largest absolute Gasteiger partial charge is 0.366 e. The van der Waals surface area contributed by atoms with Crippen molar-refractivity contribution in [2.75, 3.05) is 10.2 Å². The molecular formula is C24H23N3O3S. The number of carbonyl (C=O) groups excluding carboxylic acids is 3. The molecule has 7 heteroatoms. The number of rotatable bonds is 5. The fraction of sp³-hybridized carbons (Fsp3) is 0.208. The van der Waals surface area contributed by atoms with Crippen LogP contribution in [-0.2, 0) is 9.59 Å². The average molecular weight is 434 g/mol. The molecule has 2 heterocycles. The smallest absolute Gasteiger partial charge is 0.248 e. The molecular weight excluding hydrogens is 410 g/mol. The summed E-state index contributed by atoms with van der Waals surface area (Å²) in [5.41, 5.74) is 8.14. The molecule has 1 aliphatic heterocycles. The van der Waals surface area contributed by atoms with Crippen molar-refractivity contribution in [1.29, 1.82) is 0 Å². The van der Waals surface area contributed by atoms with Crippen molar-refractivity contribution < 1.29 is 14.4 Å². The molecule has 4 rings (SSSR count). The van der Waals surface area contributed by atoms with Crippen LogP contribution in [0.25, 0.3) is 0 Å². The molecule has 0 radical (unpaired) electrons. The minimum absolute atomic E-state index is 0.0112. The Hall–Kier alpha value is -3.45. The van der Waals surface area contributed by atoms with Gasteiger partial charge >= 0.3 is 0 Å². The Balaban J connectivity index is 1.65. The lowest BCUT2D eigenvalue weighted by Gasteiger charge is -2.40. The minimum atomic E-state index is -0.518. The first-order chi connectivity index (χ1) is 14.9. The summed E-state index contributed by atoms with van der Waals surface area (Å²) in [6.07, 6.45) is 0.767. The number of hydrogen-bond donors (Lipinski definition) is 2. The lowest BCUT2D eigenvalue weighted by molar-refractivity contribution is -0.125. The number of aryl methyl sites for hydroxylation is 1. The quantitative estimate of drug-likeness (QED) is 0.629. The molecule has 0 saturated carbocycles. The van der Waals surface area contributed by atoms with Crippen molar-refractivity contribution in [3.05, 3.63) is 82.0 Å². The van der Waals surface area contributed by atoms with Crippen molar-refractivity contribution in [3.63, 3.8) is 0 Å². The number of hydrogen-bond acceptors (Lipinski definition) is 4. The molecule has 2 unspecified atom stereocenters. The van der Waals surface area contributed by atoms with Crippen LogP contribution in [0.3, 0.4) is 0 Å². The van der Waals surface area contributed by atoms with Crippen LogP contribution in [0, 0.1) is 12.8 Å². The van der Waals surface area contributed by atoms with E-state index in [9.17, 15) is 14.4 Å². The van der Waals surface area contributed by atoms with Crippen molar-refractivity contribution in [1.82, 2.24) is 0 Å². The van der Waals surface area contributed by atoms with Crippen LogP contribution in [-0.4, -0.2) is 17.7 Å². The van der Waals surface area contributed by atoms with Crippen LogP contribution in [0.15, 0.2) is 66.0 Å². The van der Waals surface area contributed by atoms with E-state index in [4.69, 9.17) is 5.73 Å². The van der Waals surface area contributed by atoms with Crippen molar-refractivity contribution >= 4 is 40.4 Å². The highest BCUT2D eigenvalue weighted by atomic mass is 32.1.